The summed E-state index contributed by atoms with van der Waals surface area (Å²) in [6.45, 7) is 2.58. The second-order valence-electron chi connectivity index (χ2n) is 6.89. The zero-order valence-corrected chi connectivity index (χ0v) is 16.1. The Morgan fingerprint density at radius 1 is 1.24 bits per heavy atom. The quantitative estimate of drug-likeness (QED) is 0.560. The highest BCUT2D eigenvalue weighted by Gasteiger charge is 2.20. The maximum atomic E-state index is 11.2. The fraction of sp³-hybridized carbons (Fsp3) is 0.200. The van der Waals surface area contributed by atoms with Gasteiger partial charge in [0, 0.05) is 66.6 Å². The number of hydrogen-bond acceptors (Lipinski definition) is 6. The summed E-state index contributed by atoms with van der Waals surface area (Å²) >= 11 is 6.57. The average Bonchev–Trinajstić information content (AvgIpc) is 3.04. The van der Waals surface area contributed by atoms with Crippen LogP contribution in [0.3, 0.4) is 0 Å². The average molecular weight is 409 g/mol. The predicted molar refractivity (Wildman–Crippen MR) is 108 cm³/mol. The molecule has 1 aliphatic rings. The highest BCUT2D eigenvalue weighted by Crippen LogP contribution is 2.35. The molecule has 0 radical (unpaired) electrons. The van der Waals surface area contributed by atoms with Crippen LogP contribution in [0.25, 0.3) is 16.7 Å². The van der Waals surface area contributed by atoms with Crippen LogP contribution in [0.4, 0.5) is 0 Å². The summed E-state index contributed by atoms with van der Waals surface area (Å²) in [7, 11) is 0. The first-order valence-corrected chi connectivity index (χ1v) is 9.54. The van der Waals surface area contributed by atoms with Gasteiger partial charge >= 0.3 is 5.69 Å². The molecule has 0 spiro atoms. The second-order valence-corrected chi connectivity index (χ2v) is 7.30. The normalized spacial score (nSPS) is 14.4. The Hall–Kier alpha value is -3.23. The predicted octanol–water partition coefficient (Wildman–Crippen LogP) is 2.55. The monoisotopic (exact) mass is 408 g/mol. The van der Waals surface area contributed by atoms with Gasteiger partial charge in [-0.3, -0.25) is 4.90 Å². The van der Waals surface area contributed by atoms with Crippen LogP contribution in [-0.2, 0) is 13.1 Å². The molecule has 0 saturated carbocycles. The minimum Gasteiger partial charge on any atom is -0.490 e. The summed E-state index contributed by atoms with van der Waals surface area (Å²) in [5, 5.41) is 1.53. The molecule has 1 N–H and O–H groups in total. The van der Waals surface area contributed by atoms with E-state index in [1.165, 1.54) is 6.33 Å². The Morgan fingerprint density at radius 3 is 3.03 bits per heavy atom. The van der Waals surface area contributed by atoms with Crippen LogP contribution in [0.15, 0.2) is 54.1 Å². The molecule has 4 heterocycles. The zero-order valence-electron chi connectivity index (χ0n) is 15.4. The maximum absolute atomic E-state index is 11.2. The van der Waals surface area contributed by atoms with Gasteiger partial charge in [-0.25, -0.2) is 19.7 Å². The smallest absolute Gasteiger partial charge is 0.344 e. The summed E-state index contributed by atoms with van der Waals surface area (Å²) in [6.07, 6.45) is 8.57. The van der Waals surface area contributed by atoms with Crippen molar-refractivity contribution >= 4 is 22.6 Å². The van der Waals surface area contributed by atoms with E-state index in [1.54, 1.807) is 18.6 Å². The van der Waals surface area contributed by atoms with Crippen LogP contribution in [0, 0.1) is 0 Å². The number of benzene rings is 1. The van der Waals surface area contributed by atoms with Gasteiger partial charge in [0.1, 0.15) is 24.3 Å². The highest BCUT2D eigenvalue weighted by atomic mass is 35.5. The molecule has 0 saturated heterocycles. The Labute approximate surface area is 170 Å². The molecule has 0 unspecified atom stereocenters. The third kappa shape index (κ3) is 3.48. The van der Waals surface area contributed by atoms with Crippen LogP contribution >= 0.6 is 11.6 Å². The van der Waals surface area contributed by atoms with Gasteiger partial charge in [0.25, 0.3) is 0 Å². The molecule has 3 aromatic heterocycles. The van der Waals surface area contributed by atoms with Gasteiger partial charge in [-0.05, 0) is 18.2 Å². The lowest BCUT2D eigenvalue weighted by atomic mass is 10.1. The minimum atomic E-state index is -0.350. The summed E-state index contributed by atoms with van der Waals surface area (Å²) in [4.78, 5) is 28.3. The first kappa shape index (κ1) is 17.8. The summed E-state index contributed by atoms with van der Waals surface area (Å²) in [5.41, 5.74) is 3.32. The van der Waals surface area contributed by atoms with Crippen LogP contribution in [0.1, 0.15) is 11.1 Å². The van der Waals surface area contributed by atoms with Crippen molar-refractivity contribution in [3.8, 4) is 11.4 Å². The Morgan fingerprint density at radius 2 is 2.17 bits per heavy atom. The van der Waals surface area contributed by atoms with Crippen LogP contribution in [0.2, 0.25) is 5.02 Å². The number of ether oxygens (including phenoxy) is 1. The van der Waals surface area contributed by atoms with E-state index in [-0.39, 0.29) is 5.69 Å². The van der Waals surface area contributed by atoms with E-state index in [0.29, 0.717) is 30.5 Å². The first-order chi connectivity index (χ1) is 14.2. The van der Waals surface area contributed by atoms with Crippen molar-refractivity contribution in [3.63, 3.8) is 0 Å². The Kier molecular flexibility index (Phi) is 4.49. The van der Waals surface area contributed by atoms with Gasteiger partial charge in [-0.2, -0.15) is 0 Å². The Bertz CT molecular complexity index is 1230. The highest BCUT2D eigenvalue weighted by molar-refractivity contribution is 6.32. The van der Waals surface area contributed by atoms with E-state index in [1.807, 2.05) is 22.9 Å². The zero-order chi connectivity index (χ0) is 19.8. The lowest BCUT2D eigenvalue weighted by Gasteiger charge is -2.19. The molecule has 8 nitrogen and oxygen atoms in total. The van der Waals surface area contributed by atoms with Crippen LogP contribution in [0.5, 0.6) is 5.75 Å². The fourth-order valence-corrected chi connectivity index (χ4v) is 3.87. The molecule has 0 bridgehead atoms. The van der Waals surface area contributed by atoms with Crippen molar-refractivity contribution in [2.24, 2.45) is 0 Å². The molecule has 1 aliphatic heterocycles. The van der Waals surface area contributed by atoms with Crippen molar-refractivity contribution in [2.75, 3.05) is 13.2 Å². The number of hydrogen-bond donors (Lipinski definition) is 1. The number of nitrogens with one attached hydrogen (secondary N) is 1. The lowest BCUT2D eigenvalue weighted by molar-refractivity contribution is 0.219. The first-order valence-electron chi connectivity index (χ1n) is 9.16. The molecule has 4 aromatic rings. The summed E-state index contributed by atoms with van der Waals surface area (Å²) < 4.78 is 7.93. The standard InChI is InChI=1S/C20H17ClN6O2/c21-17-6-16(27-2-1-14-9-22-12-25-19(14)27)5-15-11-26(3-4-29-18(15)17)10-13-7-23-20(28)24-8-13/h1-2,5-9,12H,3-4,10-11H2,(H,23,24,28). The van der Waals surface area contributed by atoms with Gasteiger partial charge < -0.3 is 14.3 Å². The van der Waals surface area contributed by atoms with Crippen molar-refractivity contribution in [1.29, 1.82) is 0 Å². The van der Waals surface area contributed by atoms with Gasteiger partial charge in [-0.1, -0.05) is 11.6 Å². The van der Waals surface area contributed by atoms with Gasteiger partial charge in [0.15, 0.2) is 0 Å². The number of H-pyrrole nitrogens is 1. The van der Waals surface area contributed by atoms with Crippen molar-refractivity contribution in [2.45, 2.75) is 13.1 Å². The molecule has 0 atom stereocenters. The van der Waals surface area contributed by atoms with Crippen molar-refractivity contribution < 1.29 is 4.74 Å². The fourth-order valence-electron chi connectivity index (χ4n) is 3.59. The summed E-state index contributed by atoms with van der Waals surface area (Å²) in [5.74, 6) is 0.712. The number of nitrogens with zero attached hydrogens (tertiary/aromatic N) is 5. The SMILES string of the molecule is O=c1ncc(CN2CCOc3c(Cl)cc(-n4ccc5cncnc54)cc3C2)c[nH]1. The van der Waals surface area contributed by atoms with Gasteiger partial charge in [-0.15, -0.1) is 0 Å². The number of rotatable bonds is 3. The molecule has 0 aliphatic carbocycles. The largest absolute Gasteiger partial charge is 0.490 e. The van der Waals surface area contributed by atoms with Crippen molar-refractivity contribution in [1.82, 2.24) is 29.4 Å². The third-order valence-corrected chi connectivity index (χ3v) is 5.20. The van der Waals surface area contributed by atoms with Crippen LogP contribution in [-0.4, -0.2) is 42.6 Å². The molecule has 146 valence electrons. The van der Waals surface area contributed by atoms with E-state index in [2.05, 4.69) is 30.9 Å². The maximum Gasteiger partial charge on any atom is 0.344 e. The molecule has 1 aromatic carbocycles. The lowest BCUT2D eigenvalue weighted by Crippen LogP contribution is -2.26. The number of aromatic nitrogens is 5. The number of aromatic amines is 1. The Balaban J connectivity index is 1.50. The van der Waals surface area contributed by atoms with E-state index in [0.717, 1.165) is 34.4 Å². The van der Waals surface area contributed by atoms with E-state index >= 15 is 0 Å². The van der Waals surface area contributed by atoms with E-state index < -0.39 is 0 Å². The van der Waals surface area contributed by atoms with Gasteiger partial charge in [0.2, 0.25) is 0 Å². The van der Waals surface area contributed by atoms with Crippen molar-refractivity contribution in [3.05, 3.63) is 75.9 Å². The molecule has 9 heteroatoms. The van der Waals surface area contributed by atoms with Gasteiger partial charge in [0.05, 0.1) is 5.02 Å². The molecule has 0 amide bonds. The number of fused-ring (bicyclic) bond motifs is 2. The minimum absolute atomic E-state index is 0.350. The third-order valence-electron chi connectivity index (χ3n) is 4.92. The molecule has 29 heavy (non-hydrogen) atoms. The van der Waals surface area contributed by atoms with E-state index in [4.69, 9.17) is 16.3 Å². The molecule has 0 fully saturated rings. The number of halogens is 1. The molecule has 5 rings (SSSR count). The van der Waals surface area contributed by atoms with Crippen LogP contribution < -0.4 is 10.4 Å². The van der Waals surface area contributed by atoms with E-state index in [9.17, 15) is 4.79 Å². The second kappa shape index (κ2) is 7.31. The summed E-state index contributed by atoms with van der Waals surface area (Å²) in [6, 6.07) is 5.94. The topological polar surface area (TPSA) is 88.9 Å². The molecular formula is C20H17ClN6O2. The molecular weight excluding hydrogens is 392 g/mol.